The summed E-state index contributed by atoms with van der Waals surface area (Å²) in [6.45, 7) is 1.75. The first-order valence-corrected chi connectivity index (χ1v) is 6.70. The molecule has 108 valence electrons. The Balaban J connectivity index is 4.45. The van der Waals surface area contributed by atoms with Crippen LogP contribution in [0.2, 0.25) is 0 Å². The Morgan fingerprint density at radius 1 is 1.21 bits per heavy atom. The summed E-state index contributed by atoms with van der Waals surface area (Å²) in [6, 6.07) is 0. The van der Waals surface area contributed by atoms with Crippen molar-refractivity contribution in [1.29, 1.82) is 0 Å². The summed E-state index contributed by atoms with van der Waals surface area (Å²) >= 11 is 4.76. The number of allylic oxidation sites excluding steroid dienone is 1. The number of nitrogens with one attached hydrogen (secondary N) is 1. The van der Waals surface area contributed by atoms with Gasteiger partial charge in [-0.3, -0.25) is 0 Å². The molecular formula is C13H27N5S+2. The largest absolute Gasteiger partial charge is 0.380 e. The van der Waals surface area contributed by atoms with Gasteiger partial charge in [-0.2, -0.15) is 0 Å². The maximum absolute atomic E-state index is 5.37. The SMILES string of the molecule is CN(C=C(C=[N+](C)C)C=[N+](C)C)CCCNC(N)=S. The first-order valence-electron chi connectivity index (χ1n) is 6.29. The third-order valence-corrected chi connectivity index (χ3v) is 2.32. The first kappa shape index (κ1) is 17.6. The predicted molar refractivity (Wildman–Crippen MR) is 86.5 cm³/mol. The first-order chi connectivity index (χ1) is 8.81. The number of thiocarbonyl (C=S) groups is 1. The van der Waals surface area contributed by atoms with E-state index in [1.54, 1.807) is 0 Å². The summed E-state index contributed by atoms with van der Waals surface area (Å²) in [5, 5.41) is 3.31. The Hall–Kier alpha value is -1.43. The molecule has 0 atom stereocenters. The van der Waals surface area contributed by atoms with Crippen LogP contribution in [0.4, 0.5) is 0 Å². The Morgan fingerprint density at radius 3 is 2.16 bits per heavy atom. The van der Waals surface area contributed by atoms with E-state index in [1.165, 1.54) is 0 Å². The quantitative estimate of drug-likeness (QED) is 0.292. The summed E-state index contributed by atoms with van der Waals surface area (Å²) in [4.78, 5) is 2.16. The number of rotatable bonds is 7. The molecule has 6 heteroatoms. The van der Waals surface area contributed by atoms with E-state index >= 15 is 0 Å². The van der Waals surface area contributed by atoms with Crippen molar-refractivity contribution < 1.29 is 9.15 Å². The van der Waals surface area contributed by atoms with E-state index in [2.05, 4.69) is 35.9 Å². The summed E-state index contributed by atoms with van der Waals surface area (Å²) < 4.78 is 4.07. The Morgan fingerprint density at radius 2 is 1.74 bits per heavy atom. The van der Waals surface area contributed by atoms with Crippen LogP contribution in [-0.4, -0.2) is 79.9 Å². The van der Waals surface area contributed by atoms with Crippen LogP contribution in [0.1, 0.15) is 6.42 Å². The zero-order valence-corrected chi connectivity index (χ0v) is 13.5. The molecule has 3 N–H and O–H groups in total. The molecule has 0 saturated carbocycles. The van der Waals surface area contributed by atoms with Gasteiger partial charge in [0.1, 0.15) is 33.8 Å². The van der Waals surface area contributed by atoms with Crippen molar-refractivity contribution in [2.75, 3.05) is 48.3 Å². The number of hydrogen-bond acceptors (Lipinski definition) is 2. The van der Waals surface area contributed by atoms with Crippen LogP contribution in [0.15, 0.2) is 11.8 Å². The topological polar surface area (TPSA) is 47.3 Å². The lowest BCUT2D eigenvalue weighted by molar-refractivity contribution is -0.462. The molecule has 0 unspecified atom stereocenters. The van der Waals surface area contributed by atoms with Crippen molar-refractivity contribution in [2.24, 2.45) is 5.73 Å². The fourth-order valence-electron chi connectivity index (χ4n) is 1.56. The van der Waals surface area contributed by atoms with Crippen LogP contribution in [0.3, 0.4) is 0 Å². The lowest BCUT2D eigenvalue weighted by Crippen LogP contribution is -2.31. The minimum atomic E-state index is 0.362. The minimum Gasteiger partial charge on any atom is -0.380 e. The van der Waals surface area contributed by atoms with Crippen molar-refractivity contribution in [2.45, 2.75) is 6.42 Å². The van der Waals surface area contributed by atoms with Gasteiger partial charge in [0.15, 0.2) is 17.5 Å². The summed E-state index contributed by atoms with van der Waals surface area (Å²) in [7, 11) is 10.1. The molecule has 0 aliphatic carbocycles. The summed E-state index contributed by atoms with van der Waals surface area (Å²) in [6.07, 6.45) is 7.29. The van der Waals surface area contributed by atoms with Gasteiger partial charge in [0.05, 0.1) is 0 Å². The molecule has 0 aliphatic heterocycles. The van der Waals surface area contributed by atoms with E-state index in [-0.39, 0.29) is 0 Å². The van der Waals surface area contributed by atoms with E-state index in [1.807, 2.05) is 37.3 Å². The van der Waals surface area contributed by atoms with Crippen molar-refractivity contribution in [3.05, 3.63) is 11.8 Å². The minimum absolute atomic E-state index is 0.362. The van der Waals surface area contributed by atoms with Crippen LogP contribution in [0.25, 0.3) is 0 Å². The zero-order chi connectivity index (χ0) is 14.8. The second-order valence-corrected chi connectivity index (χ2v) is 5.38. The predicted octanol–water partition coefficient (Wildman–Crippen LogP) is -0.289. The van der Waals surface area contributed by atoms with Crippen molar-refractivity contribution >= 4 is 29.8 Å². The highest BCUT2D eigenvalue weighted by molar-refractivity contribution is 7.80. The van der Waals surface area contributed by atoms with Gasteiger partial charge in [-0.25, -0.2) is 9.15 Å². The van der Waals surface area contributed by atoms with Crippen LogP contribution in [0, 0.1) is 0 Å². The van der Waals surface area contributed by atoms with Gasteiger partial charge in [0, 0.05) is 26.3 Å². The zero-order valence-electron chi connectivity index (χ0n) is 12.7. The van der Waals surface area contributed by atoms with Crippen LogP contribution >= 0.6 is 12.2 Å². The molecular weight excluding hydrogens is 258 g/mol. The number of hydrogen-bond donors (Lipinski definition) is 2. The standard InChI is InChI=1S/C13H26N5S/c1-16(2)9-12(10-17(3)4)11-18(5)8-6-7-15-13(14)19/h9-11H,6-8H2,1-5H3,(H2-,14,15,19)/q+1/p+1. The summed E-state index contributed by atoms with van der Waals surface area (Å²) in [5.41, 5.74) is 6.53. The number of nitrogens with zero attached hydrogens (tertiary/aromatic N) is 3. The van der Waals surface area contributed by atoms with Gasteiger partial charge in [-0.05, 0) is 18.6 Å². The maximum atomic E-state index is 5.37. The van der Waals surface area contributed by atoms with Gasteiger partial charge in [-0.1, -0.05) is 0 Å². The maximum Gasteiger partial charge on any atom is 0.177 e. The Labute approximate surface area is 122 Å². The Kier molecular flexibility index (Phi) is 8.78. The lowest BCUT2D eigenvalue weighted by Gasteiger charge is -2.14. The highest BCUT2D eigenvalue weighted by Gasteiger charge is 2.02. The summed E-state index contributed by atoms with van der Waals surface area (Å²) in [5.74, 6) is 0. The monoisotopic (exact) mass is 285 g/mol. The molecule has 0 rings (SSSR count). The third-order valence-electron chi connectivity index (χ3n) is 2.17. The molecule has 0 saturated heterocycles. The van der Waals surface area contributed by atoms with Gasteiger partial charge < -0.3 is 16.0 Å². The normalized spacial score (nSPS) is 9.32. The van der Waals surface area contributed by atoms with Crippen LogP contribution < -0.4 is 11.1 Å². The molecule has 0 bridgehead atoms. The smallest absolute Gasteiger partial charge is 0.177 e. The fourth-order valence-corrected chi connectivity index (χ4v) is 1.66. The van der Waals surface area contributed by atoms with E-state index in [0.29, 0.717) is 5.11 Å². The van der Waals surface area contributed by atoms with Gasteiger partial charge >= 0.3 is 0 Å². The molecule has 0 aliphatic rings. The van der Waals surface area contributed by atoms with Gasteiger partial charge in [-0.15, -0.1) is 0 Å². The molecule has 5 nitrogen and oxygen atoms in total. The molecule has 0 aromatic carbocycles. The average Bonchev–Trinajstić information content (AvgIpc) is 2.22. The molecule has 0 radical (unpaired) electrons. The molecule has 0 aromatic heterocycles. The highest BCUT2D eigenvalue weighted by Crippen LogP contribution is 1.93. The number of nitrogens with two attached hydrogens (primary N) is 1. The molecule has 0 spiro atoms. The molecule has 0 amide bonds. The fraction of sp³-hybridized carbons (Fsp3) is 0.615. The second-order valence-electron chi connectivity index (χ2n) is 4.94. The van der Waals surface area contributed by atoms with E-state index in [4.69, 9.17) is 18.0 Å². The van der Waals surface area contributed by atoms with Crippen molar-refractivity contribution in [3.8, 4) is 0 Å². The average molecular weight is 285 g/mol. The van der Waals surface area contributed by atoms with Gasteiger partial charge in [0.25, 0.3) is 0 Å². The van der Waals surface area contributed by atoms with Crippen molar-refractivity contribution in [1.82, 2.24) is 10.2 Å². The molecule has 19 heavy (non-hydrogen) atoms. The highest BCUT2D eigenvalue weighted by atomic mass is 32.1. The van der Waals surface area contributed by atoms with Crippen LogP contribution in [-0.2, 0) is 0 Å². The van der Waals surface area contributed by atoms with E-state index < -0.39 is 0 Å². The molecule has 0 fully saturated rings. The molecule has 0 heterocycles. The molecule has 0 aromatic rings. The van der Waals surface area contributed by atoms with Crippen molar-refractivity contribution in [3.63, 3.8) is 0 Å². The van der Waals surface area contributed by atoms with Gasteiger partial charge in [0.2, 0.25) is 0 Å². The van der Waals surface area contributed by atoms with E-state index in [0.717, 1.165) is 25.1 Å². The van der Waals surface area contributed by atoms with E-state index in [9.17, 15) is 0 Å². The third kappa shape index (κ3) is 11.4. The second kappa shape index (κ2) is 9.49. The lowest BCUT2D eigenvalue weighted by atomic mass is 10.3. The van der Waals surface area contributed by atoms with Crippen LogP contribution in [0.5, 0.6) is 0 Å². The Bertz CT molecular complexity index is 356.